The zero-order valence-corrected chi connectivity index (χ0v) is 15.5. The molecule has 2 amide bonds. The highest BCUT2D eigenvalue weighted by Gasteiger charge is 2.29. The monoisotopic (exact) mass is 339 g/mol. The van der Waals surface area contributed by atoms with Crippen LogP contribution in [0.3, 0.4) is 0 Å². The van der Waals surface area contributed by atoms with Crippen LogP contribution in [-0.2, 0) is 9.53 Å². The Labute approximate surface area is 145 Å². The van der Waals surface area contributed by atoms with Crippen molar-refractivity contribution in [3.8, 4) is 0 Å². The van der Waals surface area contributed by atoms with Gasteiger partial charge in [-0.25, -0.2) is 4.79 Å². The summed E-state index contributed by atoms with van der Waals surface area (Å²) >= 11 is 0. The Morgan fingerprint density at radius 1 is 1.08 bits per heavy atom. The van der Waals surface area contributed by atoms with Gasteiger partial charge >= 0.3 is 6.09 Å². The Hall–Kier alpha value is -1.30. The zero-order chi connectivity index (χ0) is 17.6. The van der Waals surface area contributed by atoms with Crippen molar-refractivity contribution >= 4 is 12.0 Å². The van der Waals surface area contributed by atoms with Gasteiger partial charge in [-0.1, -0.05) is 0 Å². The molecule has 1 N–H and O–H groups in total. The van der Waals surface area contributed by atoms with Gasteiger partial charge in [-0.05, 0) is 72.5 Å². The lowest BCUT2D eigenvalue weighted by Crippen LogP contribution is -2.45. The lowest BCUT2D eigenvalue weighted by molar-refractivity contribution is -0.126. The van der Waals surface area contributed by atoms with Crippen molar-refractivity contribution in [2.45, 2.75) is 58.5 Å². The fraction of sp³-hybridized carbons (Fsp3) is 0.889. The summed E-state index contributed by atoms with van der Waals surface area (Å²) in [4.78, 5) is 28.4. The molecule has 0 saturated carbocycles. The van der Waals surface area contributed by atoms with Crippen LogP contribution in [0.4, 0.5) is 4.79 Å². The van der Waals surface area contributed by atoms with Gasteiger partial charge in [0.1, 0.15) is 5.60 Å². The largest absolute Gasteiger partial charge is 0.444 e. The number of hydrogen-bond donors (Lipinski definition) is 1. The van der Waals surface area contributed by atoms with Crippen LogP contribution in [0.15, 0.2) is 0 Å². The van der Waals surface area contributed by atoms with Crippen molar-refractivity contribution in [2.24, 2.45) is 5.92 Å². The van der Waals surface area contributed by atoms with E-state index in [9.17, 15) is 9.59 Å². The van der Waals surface area contributed by atoms with Crippen LogP contribution in [0.5, 0.6) is 0 Å². The van der Waals surface area contributed by atoms with Crippen molar-refractivity contribution in [2.75, 3.05) is 39.3 Å². The molecule has 0 atom stereocenters. The van der Waals surface area contributed by atoms with Gasteiger partial charge in [-0.3, -0.25) is 4.79 Å². The molecule has 0 unspecified atom stereocenters. The number of hydrogen-bond acceptors (Lipinski definition) is 4. The van der Waals surface area contributed by atoms with Crippen LogP contribution in [-0.4, -0.2) is 66.7 Å². The van der Waals surface area contributed by atoms with E-state index in [1.54, 1.807) is 4.90 Å². The van der Waals surface area contributed by atoms with E-state index in [2.05, 4.69) is 10.2 Å². The number of amides is 2. The summed E-state index contributed by atoms with van der Waals surface area (Å²) in [5, 5.41) is 3.06. The number of carbonyl (C=O) groups excluding carboxylic acids is 2. The Kier molecular flexibility index (Phi) is 6.90. The Morgan fingerprint density at radius 2 is 1.71 bits per heavy atom. The number of rotatable bonds is 5. The summed E-state index contributed by atoms with van der Waals surface area (Å²) in [7, 11) is 0. The highest BCUT2D eigenvalue weighted by molar-refractivity contribution is 5.79. The average molecular weight is 339 g/mol. The third-order valence-corrected chi connectivity index (χ3v) is 4.67. The van der Waals surface area contributed by atoms with Gasteiger partial charge in [-0.15, -0.1) is 0 Å². The first-order valence-electron chi connectivity index (χ1n) is 9.33. The molecule has 2 rings (SSSR count). The van der Waals surface area contributed by atoms with Gasteiger partial charge in [0.25, 0.3) is 0 Å². The molecule has 0 radical (unpaired) electrons. The standard InChI is InChI=1S/C18H33N3O3/c1-18(2,3)24-17(23)21-13-7-15(8-14-21)16(22)19-9-6-12-20-10-4-5-11-20/h15H,4-14H2,1-3H3,(H,19,22). The lowest BCUT2D eigenvalue weighted by Gasteiger charge is -2.33. The minimum absolute atomic E-state index is 0.0236. The molecule has 0 aromatic heterocycles. The molecule has 2 saturated heterocycles. The van der Waals surface area contributed by atoms with Crippen LogP contribution in [0.2, 0.25) is 0 Å². The molecule has 0 aromatic carbocycles. The first-order valence-corrected chi connectivity index (χ1v) is 9.33. The normalized spacial score (nSPS) is 20.2. The van der Waals surface area contributed by atoms with Gasteiger partial charge in [-0.2, -0.15) is 0 Å². The minimum Gasteiger partial charge on any atom is -0.444 e. The van der Waals surface area contributed by atoms with E-state index in [1.807, 2.05) is 20.8 Å². The lowest BCUT2D eigenvalue weighted by atomic mass is 9.96. The minimum atomic E-state index is -0.472. The predicted molar refractivity (Wildman–Crippen MR) is 93.8 cm³/mol. The summed E-state index contributed by atoms with van der Waals surface area (Å²) in [6.07, 6.45) is 4.80. The smallest absolute Gasteiger partial charge is 0.410 e. The van der Waals surface area contributed by atoms with E-state index in [0.717, 1.165) is 32.4 Å². The van der Waals surface area contributed by atoms with Crippen LogP contribution in [0, 0.1) is 5.92 Å². The fourth-order valence-corrected chi connectivity index (χ4v) is 3.32. The average Bonchev–Trinajstić information content (AvgIpc) is 3.03. The van der Waals surface area contributed by atoms with Crippen LogP contribution >= 0.6 is 0 Å². The van der Waals surface area contributed by atoms with Crippen LogP contribution in [0.1, 0.15) is 52.9 Å². The van der Waals surface area contributed by atoms with E-state index in [-0.39, 0.29) is 17.9 Å². The van der Waals surface area contributed by atoms with Crippen molar-refractivity contribution in [3.63, 3.8) is 0 Å². The van der Waals surface area contributed by atoms with E-state index in [1.165, 1.54) is 25.9 Å². The summed E-state index contributed by atoms with van der Waals surface area (Å²) in [5.74, 6) is 0.163. The molecule has 2 aliphatic rings. The Balaban J connectivity index is 1.60. The molecule has 0 aliphatic carbocycles. The maximum Gasteiger partial charge on any atom is 0.410 e. The van der Waals surface area contributed by atoms with Crippen molar-refractivity contribution in [1.82, 2.24) is 15.1 Å². The summed E-state index contributed by atoms with van der Waals surface area (Å²) in [5.41, 5.74) is -0.472. The van der Waals surface area contributed by atoms with E-state index < -0.39 is 5.60 Å². The molecule has 138 valence electrons. The number of nitrogens with zero attached hydrogens (tertiary/aromatic N) is 2. The number of nitrogens with one attached hydrogen (secondary N) is 1. The second kappa shape index (κ2) is 8.70. The number of piperidine rings is 1. The maximum absolute atomic E-state index is 12.2. The van der Waals surface area contributed by atoms with Crippen molar-refractivity contribution in [3.05, 3.63) is 0 Å². The maximum atomic E-state index is 12.2. The number of ether oxygens (including phenoxy) is 1. The molecule has 6 nitrogen and oxygen atoms in total. The molecule has 2 fully saturated rings. The zero-order valence-electron chi connectivity index (χ0n) is 15.5. The highest BCUT2D eigenvalue weighted by Crippen LogP contribution is 2.19. The molecule has 24 heavy (non-hydrogen) atoms. The third-order valence-electron chi connectivity index (χ3n) is 4.67. The van der Waals surface area contributed by atoms with Gasteiger partial charge in [0.2, 0.25) is 5.91 Å². The third kappa shape index (κ3) is 6.30. The van der Waals surface area contributed by atoms with E-state index in [4.69, 9.17) is 4.74 Å². The highest BCUT2D eigenvalue weighted by atomic mass is 16.6. The molecular weight excluding hydrogens is 306 g/mol. The molecular formula is C18H33N3O3. The van der Waals surface area contributed by atoms with E-state index >= 15 is 0 Å². The van der Waals surface area contributed by atoms with Crippen LogP contribution in [0.25, 0.3) is 0 Å². The van der Waals surface area contributed by atoms with Gasteiger partial charge in [0.15, 0.2) is 0 Å². The van der Waals surface area contributed by atoms with Gasteiger partial charge in [0, 0.05) is 25.6 Å². The topological polar surface area (TPSA) is 61.9 Å². The second-order valence-corrected chi connectivity index (χ2v) is 7.93. The molecule has 0 spiro atoms. The van der Waals surface area contributed by atoms with Crippen LogP contribution < -0.4 is 5.32 Å². The molecule has 2 aliphatic heterocycles. The SMILES string of the molecule is CC(C)(C)OC(=O)N1CCC(C(=O)NCCCN2CCCC2)CC1. The summed E-state index contributed by atoms with van der Waals surface area (Å²) in [6, 6.07) is 0. The Morgan fingerprint density at radius 3 is 2.29 bits per heavy atom. The molecule has 0 aromatic rings. The van der Waals surface area contributed by atoms with Crippen molar-refractivity contribution in [1.29, 1.82) is 0 Å². The number of carbonyl (C=O) groups is 2. The Bertz CT molecular complexity index is 420. The molecule has 0 bridgehead atoms. The molecule has 2 heterocycles. The van der Waals surface area contributed by atoms with Gasteiger partial charge < -0.3 is 19.9 Å². The van der Waals surface area contributed by atoms with Crippen molar-refractivity contribution < 1.29 is 14.3 Å². The first-order chi connectivity index (χ1) is 11.3. The quantitative estimate of drug-likeness (QED) is 0.780. The predicted octanol–water partition coefficient (Wildman–Crippen LogP) is 2.24. The summed E-state index contributed by atoms with van der Waals surface area (Å²) < 4.78 is 5.38. The fourth-order valence-electron chi connectivity index (χ4n) is 3.32. The van der Waals surface area contributed by atoms with Gasteiger partial charge in [0.05, 0.1) is 0 Å². The second-order valence-electron chi connectivity index (χ2n) is 7.93. The van der Waals surface area contributed by atoms with E-state index in [0.29, 0.717) is 13.1 Å². The summed E-state index contributed by atoms with van der Waals surface area (Å²) in [6.45, 7) is 11.0. The molecule has 6 heteroatoms. The first kappa shape index (κ1) is 19.0. The number of likely N-dealkylation sites (tertiary alicyclic amines) is 2.